The van der Waals surface area contributed by atoms with Crippen molar-refractivity contribution < 1.29 is 0 Å². The summed E-state index contributed by atoms with van der Waals surface area (Å²) in [7, 11) is 5.78. The molecule has 5 nitrogen and oxygen atoms in total. The molecule has 0 aliphatic carbocycles. The fraction of sp³-hybridized carbons (Fsp3) is 0.467. The lowest BCUT2D eigenvalue weighted by atomic mass is 10.2. The van der Waals surface area contributed by atoms with Crippen LogP contribution < -0.4 is 5.32 Å². The van der Waals surface area contributed by atoms with E-state index in [-0.39, 0.29) is 24.0 Å². The molecular formula is C15H23ClIN5S. The number of nitrogens with zero attached hydrogens (tertiary/aromatic N) is 4. The maximum atomic E-state index is 5.98. The lowest BCUT2D eigenvalue weighted by Crippen LogP contribution is -2.38. The second-order valence-corrected chi connectivity index (χ2v) is 7.04. The van der Waals surface area contributed by atoms with E-state index < -0.39 is 0 Å². The van der Waals surface area contributed by atoms with Gasteiger partial charge in [0.2, 0.25) is 0 Å². The molecule has 23 heavy (non-hydrogen) atoms. The average molecular weight is 468 g/mol. The zero-order chi connectivity index (χ0) is 16.3. The molecule has 2 heterocycles. The van der Waals surface area contributed by atoms with E-state index in [1.165, 1.54) is 16.1 Å². The van der Waals surface area contributed by atoms with E-state index in [2.05, 4.69) is 27.2 Å². The molecule has 0 saturated heterocycles. The fourth-order valence-corrected chi connectivity index (χ4v) is 3.51. The second-order valence-electron chi connectivity index (χ2n) is 5.24. The molecule has 2 aromatic rings. The van der Waals surface area contributed by atoms with Gasteiger partial charge < -0.3 is 10.2 Å². The number of aromatic nitrogens is 2. The van der Waals surface area contributed by atoms with Crippen LogP contribution in [0.4, 0.5) is 0 Å². The SMILES string of the molecule is CN=C(NCc1c(C)nn(C)c1C)N(C)Cc1ccc(Cl)s1.I. The Kier molecular flexibility index (Phi) is 7.82. The number of aliphatic imine (C=N–C) groups is 1. The van der Waals surface area contributed by atoms with E-state index in [4.69, 9.17) is 11.6 Å². The molecule has 0 fully saturated rings. The Balaban J connectivity index is 0.00000264. The first-order valence-corrected chi connectivity index (χ1v) is 8.27. The first-order valence-electron chi connectivity index (χ1n) is 7.07. The molecule has 0 amide bonds. The molecule has 0 aliphatic heterocycles. The average Bonchev–Trinajstić information content (AvgIpc) is 2.97. The van der Waals surface area contributed by atoms with E-state index in [0.717, 1.165) is 22.5 Å². The number of hydrogen-bond acceptors (Lipinski definition) is 3. The van der Waals surface area contributed by atoms with Crippen molar-refractivity contribution in [2.45, 2.75) is 26.9 Å². The lowest BCUT2D eigenvalue weighted by Gasteiger charge is -2.21. The zero-order valence-corrected chi connectivity index (χ0v) is 18.0. The lowest BCUT2D eigenvalue weighted by molar-refractivity contribution is 0.481. The van der Waals surface area contributed by atoms with Crippen LogP contribution in [-0.2, 0) is 20.1 Å². The van der Waals surface area contributed by atoms with Crippen LogP contribution in [-0.4, -0.2) is 34.7 Å². The summed E-state index contributed by atoms with van der Waals surface area (Å²) in [6.45, 7) is 5.61. The molecule has 0 atom stereocenters. The molecule has 2 rings (SSSR count). The largest absolute Gasteiger partial charge is 0.352 e. The Bertz CT molecular complexity index is 679. The number of rotatable bonds is 4. The van der Waals surface area contributed by atoms with Gasteiger partial charge in [-0.1, -0.05) is 11.6 Å². The van der Waals surface area contributed by atoms with E-state index >= 15 is 0 Å². The smallest absolute Gasteiger partial charge is 0.193 e. The highest BCUT2D eigenvalue weighted by Crippen LogP contribution is 2.22. The minimum Gasteiger partial charge on any atom is -0.352 e. The monoisotopic (exact) mass is 467 g/mol. The van der Waals surface area contributed by atoms with Crippen LogP contribution in [0.3, 0.4) is 0 Å². The van der Waals surface area contributed by atoms with Gasteiger partial charge in [-0.05, 0) is 26.0 Å². The predicted octanol–water partition coefficient (Wildman–Crippen LogP) is 3.58. The van der Waals surface area contributed by atoms with Gasteiger partial charge in [0.1, 0.15) is 0 Å². The normalized spacial score (nSPS) is 11.3. The molecule has 1 N–H and O–H groups in total. The molecule has 0 radical (unpaired) electrons. The standard InChI is InChI=1S/C15H22ClN5S.HI/c1-10-13(11(2)21(5)19-10)8-18-15(17-3)20(4)9-12-6-7-14(16)22-12;/h6-7H,8-9H2,1-5H3,(H,17,18);1H. The minimum absolute atomic E-state index is 0. The van der Waals surface area contributed by atoms with Crippen molar-refractivity contribution in [3.63, 3.8) is 0 Å². The van der Waals surface area contributed by atoms with Gasteiger partial charge in [0, 0.05) is 43.8 Å². The Morgan fingerprint density at radius 3 is 2.61 bits per heavy atom. The summed E-state index contributed by atoms with van der Waals surface area (Å²) in [5.41, 5.74) is 3.44. The van der Waals surface area contributed by atoms with Crippen LogP contribution in [0, 0.1) is 13.8 Å². The number of aryl methyl sites for hydroxylation is 2. The number of nitrogens with one attached hydrogen (secondary N) is 1. The number of guanidine groups is 1. The summed E-state index contributed by atoms with van der Waals surface area (Å²) in [4.78, 5) is 7.65. The predicted molar refractivity (Wildman–Crippen MR) is 109 cm³/mol. The third-order valence-corrected chi connectivity index (χ3v) is 4.89. The molecule has 0 unspecified atom stereocenters. The van der Waals surface area contributed by atoms with Gasteiger partial charge in [0.25, 0.3) is 0 Å². The molecule has 128 valence electrons. The van der Waals surface area contributed by atoms with Crippen molar-refractivity contribution in [3.8, 4) is 0 Å². The highest BCUT2D eigenvalue weighted by atomic mass is 127. The van der Waals surface area contributed by atoms with Crippen LogP contribution >= 0.6 is 46.9 Å². The zero-order valence-electron chi connectivity index (χ0n) is 14.1. The van der Waals surface area contributed by atoms with Crippen molar-refractivity contribution in [2.24, 2.45) is 12.0 Å². The van der Waals surface area contributed by atoms with Crippen molar-refractivity contribution in [2.75, 3.05) is 14.1 Å². The number of halogens is 2. The van der Waals surface area contributed by atoms with Gasteiger partial charge in [0.05, 0.1) is 16.6 Å². The third-order valence-electron chi connectivity index (χ3n) is 3.68. The number of thiophene rings is 1. The highest BCUT2D eigenvalue weighted by Gasteiger charge is 2.12. The van der Waals surface area contributed by atoms with E-state index in [1.54, 1.807) is 18.4 Å². The van der Waals surface area contributed by atoms with Crippen LogP contribution in [0.25, 0.3) is 0 Å². The Hall–Kier alpha value is -0.800. The molecule has 0 aromatic carbocycles. The van der Waals surface area contributed by atoms with Gasteiger partial charge in [-0.2, -0.15) is 5.10 Å². The number of hydrogen-bond donors (Lipinski definition) is 1. The van der Waals surface area contributed by atoms with Gasteiger partial charge in [-0.15, -0.1) is 35.3 Å². The minimum atomic E-state index is 0. The van der Waals surface area contributed by atoms with Crippen LogP contribution in [0.1, 0.15) is 21.8 Å². The summed E-state index contributed by atoms with van der Waals surface area (Å²) in [6.07, 6.45) is 0. The molecule has 0 aliphatic rings. The summed E-state index contributed by atoms with van der Waals surface area (Å²) in [6, 6.07) is 3.97. The third kappa shape index (κ3) is 5.09. The Morgan fingerprint density at radius 1 is 1.43 bits per heavy atom. The van der Waals surface area contributed by atoms with Crippen molar-refractivity contribution >= 4 is 52.9 Å². The van der Waals surface area contributed by atoms with Crippen molar-refractivity contribution in [1.82, 2.24) is 20.0 Å². The van der Waals surface area contributed by atoms with Gasteiger partial charge in [-0.25, -0.2) is 0 Å². The highest BCUT2D eigenvalue weighted by molar-refractivity contribution is 14.0. The van der Waals surface area contributed by atoms with Crippen LogP contribution in [0.2, 0.25) is 4.34 Å². The first kappa shape index (κ1) is 20.2. The van der Waals surface area contributed by atoms with Crippen molar-refractivity contribution in [1.29, 1.82) is 0 Å². The molecule has 0 saturated carbocycles. The Labute approximate surface area is 163 Å². The molecule has 2 aromatic heterocycles. The quantitative estimate of drug-likeness (QED) is 0.425. The molecular weight excluding hydrogens is 445 g/mol. The van der Waals surface area contributed by atoms with Crippen molar-refractivity contribution in [3.05, 3.63) is 38.3 Å². The summed E-state index contributed by atoms with van der Waals surface area (Å²) < 4.78 is 2.72. The second kappa shape index (κ2) is 8.89. The van der Waals surface area contributed by atoms with E-state index in [1.807, 2.05) is 37.8 Å². The maximum absolute atomic E-state index is 5.98. The van der Waals surface area contributed by atoms with Crippen LogP contribution in [0.15, 0.2) is 17.1 Å². The molecule has 8 heteroatoms. The first-order chi connectivity index (χ1) is 10.4. The van der Waals surface area contributed by atoms with E-state index in [9.17, 15) is 0 Å². The van der Waals surface area contributed by atoms with E-state index in [0.29, 0.717) is 6.54 Å². The fourth-order valence-electron chi connectivity index (χ4n) is 2.37. The molecule has 0 bridgehead atoms. The van der Waals surface area contributed by atoms with Gasteiger partial charge in [0.15, 0.2) is 5.96 Å². The van der Waals surface area contributed by atoms with Gasteiger partial charge >= 0.3 is 0 Å². The topological polar surface area (TPSA) is 45.5 Å². The summed E-state index contributed by atoms with van der Waals surface area (Å²) in [5, 5.41) is 7.84. The van der Waals surface area contributed by atoms with Crippen LogP contribution in [0.5, 0.6) is 0 Å². The Morgan fingerprint density at radius 2 is 2.13 bits per heavy atom. The molecule has 0 spiro atoms. The summed E-state index contributed by atoms with van der Waals surface area (Å²) >= 11 is 7.57. The van der Waals surface area contributed by atoms with Gasteiger partial charge in [-0.3, -0.25) is 9.67 Å². The maximum Gasteiger partial charge on any atom is 0.193 e. The summed E-state index contributed by atoms with van der Waals surface area (Å²) in [5.74, 6) is 0.854.